The topological polar surface area (TPSA) is 138 Å². The SMILES string of the molecule is Cc1ccccc1-c1cnn(C2(CC#N)CN(c3cccn4nc(Nc5cnn(CC(=O)N6CCC(N(C)C7COC7)CC6)c5)nc34)C2)c1. The molecule has 1 aromatic carbocycles. The predicted molar refractivity (Wildman–Crippen MR) is 183 cm³/mol. The summed E-state index contributed by atoms with van der Waals surface area (Å²) in [5.74, 6) is 0.502. The van der Waals surface area contributed by atoms with Gasteiger partial charge in [-0.15, -0.1) is 5.10 Å². The molecule has 252 valence electrons. The van der Waals surface area contributed by atoms with Crippen molar-refractivity contribution < 1.29 is 9.53 Å². The minimum atomic E-state index is -0.437. The number of likely N-dealkylation sites (N-methyl/N-ethyl adjacent to an activating group) is 1. The Morgan fingerprint density at radius 1 is 1.08 bits per heavy atom. The van der Waals surface area contributed by atoms with Crippen LogP contribution in [0.15, 0.2) is 67.4 Å². The molecule has 0 spiro atoms. The fraction of sp³-hybridized carbons (Fsp3) is 0.429. The number of hydrogen-bond donors (Lipinski definition) is 1. The fourth-order valence-electron chi connectivity index (χ4n) is 7.29. The number of nitrogens with zero attached hydrogens (tertiary/aromatic N) is 11. The van der Waals surface area contributed by atoms with Gasteiger partial charge in [0.25, 0.3) is 0 Å². The Morgan fingerprint density at radius 2 is 1.90 bits per heavy atom. The highest BCUT2D eigenvalue weighted by atomic mass is 16.5. The molecule has 14 heteroatoms. The molecule has 1 amide bonds. The summed E-state index contributed by atoms with van der Waals surface area (Å²) in [6, 6.07) is 15.6. The minimum Gasteiger partial charge on any atom is -0.378 e. The second kappa shape index (κ2) is 12.6. The summed E-state index contributed by atoms with van der Waals surface area (Å²) in [7, 11) is 2.17. The molecular weight excluding hydrogens is 620 g/mol. The van der Waals surface area contributed by atoms with Gasteiger partial charge < -0.3 is 19.9 Å². The van der Waals surface area contributed by atoms with Crippen molar-refractivity contribution in [3.8, 4) is 17.2 Å². The number of fused-ring (bicyclic) bond motifs is 1. The zero-order valence-corrected chi connectivity index (χ0v) is 27.8. The van der Waals surface area contributed by atoms with Crippen LogP contribution in [0.5, 0.6) is 0 Å². The van der Waals surface area contributed by atoms with Crippen LogP contribution in [0, 0.1) is 18.3 Å². The number of carbonyl (C=O) groups is 1. The van der Waals surface area contributed by atoms with Crippen LogP contribution in [0.3, 0.4) is 0 Å². The molecule has 49 heavy (non-hydrogen) atoms. The largest absolute Gasteiger partial charge is 0.378 e. The highest BCUT2D eigenvalue weighted by molar-refractivity contribution is 5.76. The quantitative estimate of drug-likeness (QED) is 0.238. The number of aryl methyl sites for hydroxylation is 1. The van der Waals surface area contributed by atoms with Crippen molar-refractivity contribution in [2.45, 2.75) is 50.4 Å². The number of aromatic nitrogens is 7. The van der Waals surface area contributed by atoms with Gasteiger partial charge in [0.2, 0.25) is 11.9 Å². The van der Waals surface area contributed by atoms with E-state index in [1.54, 1.807) is 15.4 Å². The minimum absolute atomic E-state index is 0.0711. The third-order valence-corrected chi connectivity index (χ3v) is 10.4. The zero-order valence-electron chi connectivity index (χ0n) is 27.8. The highest BCUT2D eigenvalue weighted by Gasteiger charge is 2.46. The van der Waals surface area contributed by atoms with E-state index >= 15 is 0 Å². The van der Waals surface area contributed by atoms with Crippen LogP contribution < -0.4 is 10.2 Å². The summed E-state index contributed by atoms with van der Waals surface area (Å²) in [5.41, 5.74) is 5.27. The summed E-state index contributed by atoms with van der Waals surface area (Å²) in [4.78, 5) is 24.5. The monoisotopic (exact) mass is 660 g/mol. The molecule has 3 aliphatic heterocycles. The molecule has 0 unspecified atom stereocenters. The Labute approximate surface area is 284 Å². The van der Waals surface area contributed by atoms with Gasteiger partial charge in [-0.1, -0.05) is 24.3 Å². The molecule has 7 heterocycles. The summed E-state index contributed by atoms with van der Waals surface area (Å²) < 4.78 is 10.7. The standard InChI is InChI=1S/C35H40N12O2/c1-25-6-3-4-7-30(25)26-16-38-47(18-26)35(11-12-36)23-44(24-35)31-8-5-13-46-33(31)40-34(41-46)39-27-17-37-45(19-27)20-32(48)43-14-9-28(10-15-43)42(2)29-21-49-22-29/h3-8,13,16-19,28-29H,9-11,14-15,20-24H2,1-2H3,(H,39,41). The second-order valence-corrected chi connectivity index (χ2v) is 13.5. The molecule has 3 saturated heterocycles. The normalized spacial score (nSPS) is 18.0. The third-order valence-electron chi connectivity index (χ3n) is 10.4. The van der Waals surface area contributed by atoms with Crippen LogP contribution in [0.1, 0.15) is 24.8 Å². The molecule has 1 N–H and O–H groups in total. The Kier molecular flexibility index (Phi) is 8.01. The smallest absolute Gasteiger partial charge is 0.247 e. The van der Waals surface area contributed by atoms with Crippen molar-refractivity contribution in [3.05, 3.63) is 72.9 Å². The molecule has 5 aromatic rings. The van der Waals surface area contributed by atoms with E-state index in [9.17, 15) is 10.1 Å². The van der Waals surface area contributed by atoms with Crippen LogP contribution >= 0.6 is 0 Å². The van der Waals surface area contributed by atoms with Crippen LogP contribution in [0.2, 0.25) is 0 Å². The van der Waals surface area contributed by atoms with E-state index in [4.69, 9.17) is 14.8 Å². The van der Waals surface area contributed by atoms with Crippen molar-refractivity contribution in [2.75, 3.05) is 56.7 Å². The number of ether oxygens (including phenoxy) is 1. The highest BCUT2D eigenvalue weighted by Crippen LogP contribution is 2.38. The summed E-state index contributed by atoms with van der Waals surface area (Å²) in [5, 5.41) is 26.8. The van der Waals surface area contributed by atoms with Crippen molar-refractivity contribution in [3.63, 3.8) is 0 Å². The van der Waals surface area contributed by atoms with Crippen molar-refractivity contribution in [1.82, 2.24) is 44.0 Å². The molecule has 8 rings (SSSR count). The lowest BCUT2D eigenvalue weighted by Gasteiger charge is -2.50. The number of pyridine rings is 1. The molecule has 0 aliphatic carbocycles. The molecule has 0 saturated carbocycles. The molecule has 14 nitrogen and oxygen atoms in total. The number of benzene rings is 1. The number of anilines is 3. The third kappa shape index (κ3) is 5.89. The van der Waals surface area contributed by atoms with Gasteiger partial charge in [0.1, 0.15) is 12.1 Å². The zero-order chi connectivity index (χ0) is 33.5. The average Bonchev–Trinajstić information content (AvgIpc) is 3.82. The van der Waals surface area contributed by atoms with Crippen LogP contribution in [-0.4, -0.2) is 108 Å². The first-order valence-corrected chi connectivity index (χ1v) is 16.8. The first kappa shape index (κ1) is 31.0. The lowest BCUT2D eigenvalue weighted by molar-refractivity contribution is -0.134. The van der Waals surface area contributed by atoms with E-state index in [0.29, 0.717) is 48.9 Å². The van der Waals surface area contributed by atoms with E-state index in [0.717, 1.165) is 56.0 Å². The maximum Gasteiger partial charge on any atom is 0.247 e. The first-order valence-electron chi connectivity index (χ1n) is 16.8. The fourth-order valence-corrected chi connectivity index (χ4v) is 7.29. The van der Waals surface area contributed by atoms with E-state index < -0.39 is 5.54 Å². The van der Waals surface area contributed by atoms with Crippen LogP contribution in [0.4, 0.5) is 17.3 Å². The van der Waals surface area contributed by atoms with Gasteiger partial charge in [-0.3, -0.25) is 19.1 Å². The van der Waals surface area contributed by atoms with Crippen molar-refractivity contribution >= 4 is 28.9 Å². The number of carbonyl (C=O) groups excluding carboxylic acids is 1. The van der Waals surface area contributed by atoms with E-state index in [1.807, 2.05) is 52.4 Å². The lowest BCUT2D eigenvalue weighted by atomic mass is 9.86. The van der Waals surface area contributed by atoms with Crippen LogP contribution in [-0.2, 0) is 21.6 Å². The van der Waals surface area contributed by atoms with Gasteiger partial charge in [-0.25, -0.2) is 4.52 Å². The molecule has 0 bridgehead atoms. The van der Waals surface area contributed by atoms with E-state index in [-0.39, 0.29) is 12.5 Å². The molecule has 3 aliphatic rings. The number of amides is 1. The van der Waals surface area contributed by atoms with Gasteiger partial charge in [-0.05, 0) is 50.1 Å². The van der Waals surface area contributed by atoms with Gasteiger partial charge in [-0.2, -0.15) is 20.4 Å². The molecule has 0 radical (unpaired) electrons. The predicted octanol–water partition coefficient (Wildman–Crippen LogP) is 3.29. The average molecular weight is 661 g/mol. The van der Waals surface area contributed by atoms with E-state index in [2.05, 4.69) is 63.7 Å². The number of piperidine rings is 1. The maximum atomic E-state index is 13.1. The van der Waals surface area contributed by atoms with Gasteiger partial charge >= 0.3 is 0 Å². The molecule has 0 atom stereocenters. The Hall–Kier alpha value is -5.26. The number of nitriles is 1. The molecular formula is C35H40N12O2. The Balaban J connectivity index is 0.908. The number of likely N-dealkylation sites (tertiary alicyclic amines) is 1. The summed E-state index contributed by atoms with van der Waals surface area (Å²) in [6.07, 6.45) is 11.6. The summed E-state index contributed by atoms with van der Waals surface area (Å²) >= 11 is 0. The Bertz CT molecular complexity index is 2010. The molecule has 3 fully saturated rings. The van der Waals surface area contributed by atoms with Crippen LogP contribution in [0.25, 0.3) is 16.8 Å². The van der Waals surface area contributed by atoms with Crippen molar-refractivity contribution in [1.29, 1.82) is 5.26 Å². The summed E-state index contributed by atoms with van der Waals surface area (Å²) in [6.45, 7) is 6.65. The van der Waals surface area contributed by atoms with Gasteiger partial charge in [0.15, 0.2) is 5.65 Å². The molecule has 4 aromatic heterocycles. The van der Waals surface area contributed by atoms with E-state index in [1.165, 1.54) is 5.56 Å². The lowest BCUT2D eigenvalue weighted by Crippen LogP contribution is -2.63. The maximum absolute atomic E-state index is 13.1. The number of rotatable bonds is 10. The van der Waals surface area contributed by atoms with Gasteiger partial charge in [0.05, 0.1) is 55.5 Å². The second-order valence-electron chi connectivity index (χ2n) is 13.5. The Morgan fingerprint density at radius 3 is 2.65 bits per heavy atom. The number of hydrogen-bond acceptors (Lipinski definition) is 10. The number of nitrogens with one attached hydrogen (secondary N) is 1. The van der Waals surface area contributed by atoms with Crippen molar-refractivity contribution in [2.24, 2.45) is 0 Å². The van der Waals surface area contributed by atoms with Gasteiger partial charge in [0, 0.05) is 56.4 Å². The first-order chi connectivity index (χ1) is 23.9.